The first-order valence-electron chi connectivity index (χ1n) is 9.47. The summed E-state index contributed by atoms with van der Waals surface area (Å²) in [6.45, 7) is 4.00. The van der Waals surface area contributed by atoms with E-state index in [0.717, 1.165) is 50.6 Å². The van der Waals surface area contributed by atoms with Crippen molar-refractivity contribution in [2.24, 2.45) is 11.8 Å². The molecule has 1 N–H and O–H groups in total. The first-order chi connectivity index (χ1) is 12.1. The fourth-order valence-corrected chi connectivity index (χ4v) is 3.87. The third-order valence-electron chi connectivity index (χ3n) is 5.50. The molecule has 0 aromatic heterocycles. The molecule has 4 nitrogen and oxygen atoms in total. The van der Waals surface area contributed by atoms with E-state index < -0.39 is 0 Å². The van der Waals surface area contributed by atoms with Crippen molar-refractivity contribution in [3.63, 3.8) is 0 Å². The Bertz CT molecular complexity index is 611. The summed E-state index contributed by atoms with van der Waals surface area (Å²) >= 11 is 0. The fourth-order valence-electron chi connectivity index (χ4n) is 3.87. The quantitative estimate of drug-likeness (QED) is 0.763. The third kappa shape index (κ3) is 4.14. The standard InChI is InChI=1S/C20H28FNO3/c1-2-3-8-25-19-10-17-16(9-18(19)21)12-22(20(17)24)11-14-4-6-15(13-23)7-5-14/h9-10,14-15,23H,2-8,11-13H2,1H3. The number of hydrogen-bond donors (Lipinski definition) is 1. The molecule has 1 amide bonds. The van der Waals surface area contributed by atoms with E-state index in [1.165, 1.54) is 6.07 Å². The first kappa shape index (κ1) is 18.2. The monoisotopic (exact) mass is 349 g/mol. The number of rotatable bonds is 7. The molecule has 3 rings (SSSR count). The highest BCUT2D eigenvalue weighted by molar-refractivity contribution is 5.98. The molecular formula is C20H28FNO3. The van der Waals surface area contributed by atoms with E-state index in [2.05, 4.69) is 6.92 Å². The van der Waals surface area contributed by atoms with Gasteiger partial charge in [0.25, 0.3) is 5.91 Å². The Balaban J connectivity index is 1.63. The molecular weight excluding hydrogens is 321 g/mol. The molecule has 0 radical (unpaired) electrons. The average Bonchev–Trinajstić information content (AvgIpc) is 2.91. The maximum atomic E-state index is 14.2. The zero-order valence-corrected chi connectivity index (χ0v) is 15.0. The second kappa shape index (κ2) is 8.17. The Morgan fingerprint density at radius 2 is 1.96 bits per heavy atom. The molecule has 1 aliphatic heterocycles. The number of amides is 1. The van der Waals surface area contributed by atoms with E-state index in [4.69, 9.17) is 4.74 Å². The SMILES string of the molecule is CCCCOc1cc2c(cc1F)CN(CC1CCC(CO)CC1)C2=O. The maximum absolute atomic E-state index is 14.2. The van der Waals surface area contributed by atoms with Crippen LogP contribution in [0.15, 0.2) is 12.1 Å². The average molecular weight is 349 g/mol. The van der Waals surface area contributed by atoms with Crippen LogP contribution in [-0.4, -0.2) is 35.7 Å². The second-order valence-corrected chi connectivity index (χ2v) is 7.40. The van der Waals surface area contributed by atoms with Gasteiger partial charge < -0.3 is 14.7 Å². The molecule has 5 heteroatoms. The Labute approximate surface area is 149 Å². The van der Waals surface area contributed by atoms with Gasteiger partial charge in [0.1, 0.15) is 0 Å². The van der Waals surface area contributed by atoms with Crippen molar-refractivity contribution >= 4 is 5.91 Å². The van der Waals surface area contributed by atoms with Crippen molar-refractivity contribution < 1.29 is 19.0 Å². The van der Waals surface area contributed by atoms with Crippen molar-refractivity contribution in [2.45, 2.75) is 52.0 Å². The van der Waals surface area contributed by atoms with E-state index in [9.17, 15) is 14.3 Å². The number of benzene rings is 1. The fraction of sp³-hybridized carbons (Fsp3) is 0.650. The van der Waals surface area contributed by atoms with Gasteiger partial charge in [-0.15, -0.1) is 0 Å². The highest BCUT2D eigenvalue weighted by atomic mass is 19.1. The van der Waals surface area contributed by atoms with Gasteiger partial charge in [0, 0.05) is 25.3 Å². The van der Waals surface area contributed by atoms with Crippen LogP contribution in [0.2, 0.25) is 0 Å². The zero-order valence-electron chi connectivity index (χ0n) is 15.0. The topological polar surface area (TPSA) is 49.8 Å². The van der Waals surface area contributed by atoms with Gasteiger partial charge >= 0.3 is 0 Å². The molecule has 25 heavy (non-hydrogen) atoms. The van der Waals surface area contributed by atoms with Crippen molar-refractivity contribution in [3.8, 4) is 5.75 Å². The molecule has 2 aliphatic rings. The molecule has 0 atom stereocenters. The predicted octanol–water partition coefficient (Wildman–Crippen LogP) is 3.76. The highest BCUT2D eigenvalue weighted by Crippen LogP contribution is 2.33. The Hall–Kier alpha value is -1.62. The van der Waals surface area contributed by atoms with Gasteiger partial charge in [-0.3, -0.25) is 4.79 Å². The maximum Gasteiger partial charge on any atom is 0.254 e. The Morgan fingerprint density at radius 1 is 1.24 bits per heavy atom. The van der Waals surface area contributed by atoms with Crippen LogP contribution in [0.25, 0.3) is 0 Å². The zero-order chi connectivity index (χ0) is 17.8. The number of aliphatic hydroxyl groups excluding tert-OH is 1. The summed E-state index contributed by atoms with van der Waals surface area (Å²) in [6.07, 6.45) is 6.00. The van der Waals surface area contributed by atoms with Crippen LogP contribution >= 0.6 is 0 Å². The van der Waals surface area contributed by atoms with Crippen LogP contribution in [-0.2, 0) is 6.54 Å². The largest absolute Gasteiger partial charge is 0.490 e. The number of carbonyl (C=O) groups is 1. The van der Waals surface area contributed by atoms with E-state index in [0.29, 0.717) is 30.6 Å². The molecule has 1 aromatic rings. The van der Waals surface area contributed by atoms with Crippen molar-refractivity contribution in [2.75, 3.05) is 19.8 Å². The molecule has 1 aliphatic carbocycles. The Kier molecular flexibility index (Phi) is 5.94. The molecule has 1 saturated carbocycles. The van der Waals surface area contributed by atoms with Crippen LogP contribution in [0, 0.1) is 17.7 Å². The summed E-state index contributed by atoms with van der Waals surface area (Å²) in [5.74, 6) is 0.685. The van der Waals surface area contributed by atoms with Gasteiger partial charge in [0.05, 0.1) is 6.61 Å². The summed E-state index contributed by atoms with van der Waals surface area (Å²) in [5.41, 5.74) is 1.34. The minimum absolute atomic E-state index is 0.0142. The van der Waals surface area contributed by atoms with Crippen LogP contribution in [0.3, 0.4) is 0 Å². The lowest BCUT2D eigenvalue weighted by molar-refractivity contribution is 0.0717. The minimum Gasteiger partial charge on any atom is -0.490 e. The summed E-state index contributed by atoms with van der Waals surface area (Å²) in [4.78, 5) is 14.5. The van der Waals surface area contributed by atoms with Crippen molar-refractivity contribution in [3.05, 3.63) is 29.1 Å². The smallest absolute Gasteiger partial charge is 0.254 e. The lowest BCUT2D eigenvalue weighted by atomic mass is 9.82. The Morgan fingerprint density at radius 3 is 2.64 bits per heavy atom. The minimum atomic E-state index is -0.382. The molecule has 0 saturated heterocycles. The lowest BCUT2D eigenvalue weighted by Crippen LogP contribution is -2.32. The highest BCUT2D eigenvalue weighted by Gasteiger charge is 2.32. The summed E-state index contributed by atoms with van der Waals surface area (Å²) in [6, 6.07) is 3.03. The number of fused-ring (bicyclic) bond motifs is 1. The van der Waals surface area contributed by atoms with Crippen LogP contribution < -0.4 is 4.74 Å². The molecule has 0 unspecified atom stereocenters. The third-order valence-corrected chi connectivity index (χ3v) is 5.50. The van der Waals surface area contributed by atoms with E-state index in [1.807, 2.05) is 4.90 Å². The molecule has 0 bridgehead atoms. The summed E-state index contributed by atoms with van der Waals surface area (Å²) in [7, 11) is 0. The van der Waals surface area contributed by atoms with Crippen LogP contribution in [0.4, 0.5) is 4.39 Å². The van der Waals surface area contributed by atoms with Crippen LogP contribution in [0.5, 0.6) is 5.75 Å². The molecule has 1 fully saturated rings. The number of carbonyl (C=O) groups excluding carboxylic acids is 1. The van der Waals surface area contributed by atoms with Crippen LogP contribution in [0.1, 0.15) is 61.4 Å². The molecule has 1 heterocycles. The number of ether oxygens (including phenoxy) is 1. The van der Waals surface area contributed by atoms with E-state index >= 15 is 0 Å². The van der Waals surface area contributed by atoms with E-state index in [-0.39, 0.29) is 24.1 Å². The van der Waals surface area contributed by atoms with Gasteiger partial charge in [-0.1, -0.05) is 13.3 Å². The molecule has 138 valence electrons. The first-order valence-corrected chi connectivity index (χ1v) is 9.47. The number of halogens is 1. The van der Waals surface area contributed by atoms with E-state index in [1.54, 1.807) is 6.07 Å². The van der Waals surface area contributed by atoms with Crippen molar-refractivity contribution in [1.29, 1.82) is 0 Å². The number of hydrogen-bond acceptors (Lipinski definition) is 3. The summed E-state index contributed by atoms with van der Waals surface area (Å²) < 4.78 is 19.7. The number of aliphatic hydroxyl groups is 1. The molecule has 0 spiro atoms. The second-order valence-electron chi connectivity index (χ2n) is 7.40. The predicted molar refractivity (Wildman–Crippen MR) is 94.1 cm³/mol. The number of nitrogens with zero attached hydrogens (tertiary/aromatic N) is 1. The number of unbranched alkanes of at least 4 members (excludes halogenated alkanes) is 1. The van der Waals surface area contributed by atoms with Gasteiger partial charge in [0.15, 0.2) is 11.6 Å². The lowest BCUT2D eigenvalue weighted by Gasteiger charge is -2.30. The summed E-state index contributed by atoms with van der Waals surface area (Å²) in [5, 5.41) is 9.24. The van der Waals surface area contributed by atoms with Gasteiger partial charge in [-0.2, -0.15) is 0 Å². The van der Waals surface area contributed by atoms with Gasteiger partial charge in [-0.25, -0.2) is 4.39 Å². The van der Waals surface area contributed by atoms with Gasteiger partial charge in [0.2, 0.25) is 0 Å². The normalized spacial score (nSPS) is 23.0. The van der Waals surface area contributed by atoms with Crippen molar-refractivity contribution in [1.82, 2.24) is 4.90 Å². The van der Waals surface area contributed by atoms with Gasteiger partial charge in [-0.05, 0) is 61.6 Å². The molecule has 1 aromatic carbocycles.